The summed E-state index contributed by atoms with van der Waals surface area (Å²) >= 11 is 0. The van der Waals surface area contributed by atoms with Crippen LogP contribution < -0.4 is 10.6 Å². The van der Waals surface area contributed by atoms with Crippen LogP contribution in [0, 0.1) is 5.82 Å². The number of hydrogen-bond acceptors (Lipinski definition) is 5. The highest BCUT2D eigenvalue weighted by Crippen LogP contribution is 2.06. The minimum Gasteiger partial charge on any atom is -0.467 e. The SMILES string of the molecule is O=C(NCc1ccco1)c1cnc(NCCc2ccc(F)cc2)cn1. The number of carbonyl (C=O) groups is 1. The van der Waals surface area contributed by atoms with Gasteiger partial charge in [0.1, 0.15) is 23.1 Å². The van der Waals surface area contributed by atoms with Crippen LogP contribution in [-0.2, 0) is 13.0 Å². The van der Waals surface area contributed by atoms with Gasteiger partial charge < -0.3 is 15.1 Å². The summed E-state index contributed by atoms with van der Waals surface area (Å²) in [6.07, 6.45) is 5.20. The molecule has 128 valence electrons. The van der Waals surface area contributed by atoms with Crippen molar-refractivity contribution < 1.29 is 13.6 Å². The van der Waals surface area contributed by atoms with Gasteiger partial charge in [-0.1, -0.05) is 12.1 Å². The molecule has 0 fully saturated rings. The molecule has 3 aromatic rings. The second-order valence-electron chi connectivity index (χ2n) is 5.35. The van der Waals surface area contributed by atoms with E-state index < -0.39 is 0 Å². The summed E-state index contributed by atoms with van der Waals surface area (Å²) in [5, 5.41) is 5.82. The number of halogens is 1. The van der Waals surface area contributed by atoms with Gasteiger partial charge in [-0.05, 0) is 36.2 Å². The van der Waals surface area contributed by atoms with Crippen molar-refractivity contribution in [1.82, 2.24) is 15.3 Å². The van der Waals surface area contributed by atoms with E-state index in [-0.39, 0.29) is 17.4 Å². The highest BCUT2D eigenvalue weighted by atomic mass is 19.1. The molecule has 25 heavy (non-hydrogen) atoms. The van der Waals surface area contributed by atoms with Crippen LogP contribution in [0.25, 0.3) is 0 Å². The molecule has 0 spiro atoms. The van der Waals surface area contributed by atoms with E-state index in [1.807, 2.05) is 0 Å². The highest BCUT2D eigenvalue weighted by Gasteiger charge is 2.08. The van der Waals surface area contributed by atoms with Gasteiger partial charge in [-0.25, -0.2) is 14.4 Å². The minimum absolute atomic E-state index is 0.232. The van der Waals surface area contributed by atoms with Crippen LogP contribution in [-0.4, -0.2) is 22.4 Å². The fourth-order valence-corrected chi connectivity index (χ4v) is 2.19. The number of carbonyl (C=O) groups excluding carboxylic acids is 1. The Hall–Kier alpha value is -3.22. The molecule has 0 aliphatic heterocycles. The molecule has 1 amide bonds. The van der Waals surface area contributed by atoms with E-state index in [1.165, 1.54) is 24.5 Å². The average Bonchev–Trinajstić information content (AvgIpc) is 3.15. The second kappa shape index (κ2) is 8.05. The van der Waals surface area contributed by atoms with Gasteiger partial charge in [-0.15, -0.1) is 0 Å². The van der Waals surface area contributed by atoms with E-state index in [0.29, 0.717) is 24.7 Å². The summed E-state index contributed by atoms with van der Waals surface area (Å²) in [5.74, 6) is 0.676. The third-order valence-corrected chi connectivity index (χ3v) is 3.52. The highest BCUT2D eigenvalue weighted by molar-refractivity contribution is 5.91. The summed E-state index contributed by atoms with van der Waals surface area (Å²) in [5.41, 5.74) is 1.26. The van der Waals surface area contributed by atoms with Crippen molar-refractivity contribution in [3.05, 3.63) is 77.9 Å². The van der Waals surface area contributed by atoms with Gasteiger partial charge >= 0.3 is 0 Å². The zero-order valence-electron chi connectivity index (χ0n) is 13.4. The Morgan fingerprint density at radius 1 is 1.12 bits per heavy atom. The topological polar surface area (TPSA) is 80.0 Å². The average molecular weight is 340 g/mol. The van der Waals surface area contributed by atoms with E-state index >= 15 is 0 Å². The third kappa shape index (κ3) is 4.87. The number of nitrogens with zero attached hydrogens (tertiary/aromatic N) is 2. The fraction of sp³-hybridized carbons (Fsp3) is 0.167. The number of benzene rings is 1. The van der Waals surface area contributed by atoms with Gasteiger partial charge in [0, 0.05) is 6.54 Å². The first-order chi connectivity index (χ1) is 12.2. The van der Waals surface area contributed by atoms with E-state index in [2.05, 4.69) is 20.6 Å². The van der Waals surface area contributed by atoms with Crippen molar-refractivity contribution in [2.24, 2.45) is 0 Å². The molecule has 7 heteroatoms. The van der Waals surface area contributed by atoms with E-state index in [9.17, 15) is 9.18 Å². The summed E-state index contributed by atoms with van der Waals surface area (Å²) < 4.78 is 18.0. The molecule has 1 aromatic carbocycles. The molecule has 0 saturated heterocycles. The molecule has 3 rings (SSSR count). The summed E-state index contributed by atoms with van der Waals surface area (Å²) in [7, 11) is 0. The molecule has 2 heterocycles. The van der Waals surface area contributed by atoms with Crippen molar-refractivity contribution in [3.8, 4) is 0 Å². The van der Waals surface area contributed by atoms with Crippen LogP contribution in [0.3, 0.4) is 0 Å². The Bertz CT molecular complexity index is 802. The lowest BCUT2D eigenvalue weighted by molar-refractivity contribution is 0.0942. The first-order valence-corrected chi connectivity index (χ1v) is 7.81. The van der Waals surface area contributed by atoms with Gasteiger partial charge in [0.15, 0.2) is 0 Å². The zero-order valence-corrected chi connectivity index (χ0v) is 13.4. The van der Waals surface area contributed by atoms with Crippen molar-refractivity contribution in [3.63, 3.8) is 0 Å². The van der Waals surface area contributed by atoms with Gasteiger partial charge in [0.05, 0.1) is 25.2 Å². The quantitative estimate of drug-likeness (QED) is 0.691. The first kappa shape index (κ1) is 16.6. The molecule has 0 aliphatic carbocycles. The number of hydrogen-bond donors (Lipinski definition) is 2. The number of nitrogens with one attached hydrogen (secondary N) is 2. The monoisotopic (exact) mass is 340 g/mol. The van der Waals surface area contributed by atoms with Crippen LogP contribution in [0.5, 0.6) is 0 Å². The standard InChI is InChI=1S/C18H17FN4O2/c19-14-5-3-13(4-6-14)7-8-20-17-12-21-16(11-22-17)18(24)23-10-15-2-1-9-25-15/h1-6,9,11-12H,7-8,10H2,(H,20,22)(H,23,24). The summed E-state index contributed by atoms with van der Waals surface area (Å²) in [6.45, 7) is 0.926. The first-order valence-electron chi connectivity index (χ1n) is 7.81. The number of anilines is 1. The van der Waals surface area contributed by atoms with Crippen molar-refractivity contribution in [1.29, 1.82) is 0 Å². The Balaban J connectivity index is 1.46. The van der Waals surface area contributed by atoms with Gasteiger partial charge in [-0.3, -0.25) is 4.79 Å². The van der Waals surface area contributed by atoms with Crippen LogP contribution in [0.2, 0.25) is 0 Å². The molecule has 0 atom stereocenters. The minimum atomic E-state index is -0.318. The molecule has 0 unspecified atom stereocenters. The number of amides is 1. The fourth-order valence-electron chi connectivity index (χ4n) is 2.19. The molecule has 0 bridgehead atoms. The van der Waals surface area contributed by atoms with Gasteiger partial charge in [-0.2, -0.15) is 0 Å². The normalized spacial score (nSPS) is 10.4. The maximum absolute atomic E-state index is 12.8. The Kier molecular flexibility index (Phi) is 5.36. The summed E-state index contributed by atoms with van der Waals surface area (Å²) in [6, 6.07) is 9.90. The largest absolute Gasteiger partial charge is 0.467 e. The maximum atomic E-state index is 12.8. The molecular weight excluding hydrogens is 323 g/mol. The molecule has 0 aliphatic rings. The molecule has 0 radical (unpaired) electrons. The van der Waals surface area contributed by atoms with Crippen molar-refractivity contribution in [2.45, 2.75) is 13.0 Å². The van der Waals surface area contributed by atoms with Crippen molar-refractivity contribution in [2.75, 3.05) is 11.9 Å². The predicted octanol–water partition coefficient (Wildman–Crippen LogP) is 2.79. The molecular formula is C18H17FN4O2. The number of aromatic nitrogens is 2. The molecule has 0 saturated carbocycles. The number of rotatable bonds is 7. The van der Waals surface area contributed by atoms with Crippen LogP contribution in [0.15, 0.2) is 59.5 Å². The maximum Gasteiger partial charge on any atom is 0.271 e. The predicted molar refractivity (Wildman–Crippen MR) is 90.5 cm³/mol. The smallest absolute Gasteiger partial charge is 0.271 e. The van der Waals surface area contributed by atoms with Gasteiger partial charge in [0.25, 0.3) is 5.91 Å². The third-order valence-electron chi connectivity index (χ3n) is 3.52. The Morgan fingerprint density at radius 2 is 1.96 bits per heavy atom. The molecule has 2 N–H and O–H groups in total. The van der Waals surface area contributed by atoms with Crippen LogP contribution in [0.1, 0.15) is 21.8 Å². The van der Waals surface area contributed by atoms with E-state index in [1.54, 1.807) is 30.5 Å². The molecule has 6 nitrogen and oxygen atoms in total. The lowest BCUT2D eigenvalue weighted by Crippen LogP contribution is -2.23. The molecule has 2 aromatic heterocycles. The number of furan rings is 1. The van der Waals surface area contributed by atoms with E-state index in [4.69, 9.17) is 4.42 Å². The van der Waals surface area contributed by atoms with E-state index in [0.717, 1.165) is 12.0 Å². The van der Waals surface area contributed by atoms with Crippen LogP contribution in [0.4, 0.5) is 10.2 Å². The lowest BCUT2D eigenvalue weighted by atomic mass is 10.1. The van der Waals surface area contributed by atoms with Gasteiger partial charge in [0.2, 0.25) is 0 Å². The second-order valence-corrected chi connectivity index (χ2v) is 5.35. The zero-order chi connectivity index (χ0) is 17.5. The van der Waals surface area contributed by atoms with Crippen molar-refractivity contribution >= 4 is 11.7 Å². The lowest BCUT2D eigenvalue weighted by Gasteiger charge is -2.06. The Labute approximate surface area is 144 Å². The Morgan fingerprint density at radius 3 is 2.64 bits per heavy atom. The summed E-state index contributed by atoms with van der Waals surface area (Å²) in [4.78, 5) is 20.2. The van der Waals surface area contributed by atoms with Crippen LogP contribution >= 0.6 is 0 Å².